The SMILES string of the molecule is Cc1cc(C)c(C(c2ccccc2)(c2ccccc2)c2ccc(S(=O)(=O)[O-])cc2)c(C)c1.Cc1cc(C)c([S+](c2ccccc2)c2ccccc2)c(C)c1.Cc1cc(C)c([S+](c2ccccc2)c2ccccc2)c(C)c1.O=S(=O)([O-])c1ccccc1C(F)(F)F. The molecule has 460 valence electrons. The third-order valence-electron chi connectivity index (χ3n) is 15.0. The van der Waals surface area contributed by atoms with Gasteiger partial charge in [0, 0.05) is 22.3 Å². The molecular weight excluding hydrogens is 1210 g/mol. The second-order valence-corrected chi connectivity index (χ2v) is 28.7. The molecule has 0 atom stereocenters. The molecule has 0 aliphatic carbocycles. The number of hydrogen-bond donors (Lipinski definition) is 0. The number of alkyl halides is 3. The molecule has 0 aromatic heterocycles. The lowest BCUT2D eigenvalue weighted by Crippen LogP contribution is -2.33. The summed E-state index contributed by atoms with van der Waals surface area (Å²) in [5.74, 6) is 0. The number of hydrogen-bond acceptors (Lipinski definition) is 6. The van der Waals surface area contributed by atoms with Crippen LogP contribution in [0.3, 0.4) is 0 Å². The third-order valence-corrected chi connectivity index (χ3v) is 21.9. The first-order valence-corrected chi connectivity index (χ1v) is 34.3. The van der Waals surface area contributed by atoms with Crippen molar-refractivity contribution in [1.82, 2.24) is 0 Å². The van der Waals surface area contributed by atoms with Gasteiger partial charge in [-0.2, -0.15) is 13.2 Å². The highest BCUT2D eigenvalue weighted by atomic mass is 32.2. The van der Waals surface area contributed by atoms with E-state index in [1.54, 1.807) is 12.1 Å². The van der Waals surface area contributed by atoms with Gasteiger partial charge < -0.3 is 9.11 Å². The Morgan fingerprint density at radius 1 is 0.322 bits per heavy atom. The van der Waals surface area contributed by atoms with E-state index in [4.69, 9.17) is 0 Å². The Hall–Kier alpha value is -8.27. The van der Waals surface area contributed by atoms with Crippen molar-refractivity contribution in [2.24, 2.45) is 0 Å². The maximum atomic E-state index is 12.2. The van der Waals surface area contributed by atoms with E-state index in [1.165, 1.54) is 80.4 Å². The van der Waals surface area contributed by atoms with Crippen molar-refractivity contribution >= 4 is 42.0 Å². The van der Waals surface area contributed by atoms with Gasteiger partial charge in [0.05, 0.1) is 42.6 Å². The average Bonchev–Trinajstić information content (AvgIpc) is 0.731. The molecule has 0 bridgehead atoms. The van der Waals surface area contributed by atoms with Gasteiger partial charge in [-0.25, -0.2) is 16.8 Å². The van der Waals surface area contributed by atoms with Crippen molar-refractivity contribution in [3.8, 4) is 0 Å². The highest BCUT2D eigenvalue weighted by Gasteiger charge is 2.41. The summed E-state index contributed by atoms with van der Waals surface area (Å²) in [6.07, 6.45) is -4.84. The van der Waals surface area contributed by atoms with E-state index in [0.29, 0.717) is 12.1 Å². The van der Waals surface area contributed by atoms with Gasteiger partial charge in [0.2, 0.25) is 0 Å². The Balaban J connectivity index is 0.000000161. The zero-order valence-electron chi connectivity index (χ0n) is 51.6. The normalized spacial score (nSPS) is 11.6. The van der Waals surface area contributed by atoms with Crippen LogP contribution in [0.25, 0.3) is 0 Å². The number of rotatable bonds is 12. The maximum Gasteiger partial charge on any atom is 0.417 e. The minimum Gasteiger partial charge on any atom is -0.744 e. The number of halogens is 3. The van der Waals surface area contributed by atoms with Crippen molar-refractivity contribution in [2.45, 2.75) is 113 Å². The Morgan fingerprint density at radius 3 is 0.867 bits per heavy atom. The summed E-state index contributed by atoms with van der Waals surface area (Å²) in [6.45, 7) is 19.6. The number of benzene rings is 11. The van der Waals surface area contributed by atoms with Crippen LogP contribution in [-0.2, 0) is 53.6 Å². The average molecular weight is 1280 g/mol. The lowest BCUT2D eigenvalue weighted by molar-refractivity contribution is -0.140. The van der Waals surface area contributed by atoms with Gasteiger partial charge in [0.15, 0.2) is 29.4 Å². The van der Waals surface area contributed by atoms with Gasteiger partial charge in [0.25, 0.3) is 0 Å². The van der Waals surface area contributed by atoms with Gasteiger partial charge >= 0.3 is 6.18 Å². The minimum atomic E-state index is -5.09. The topological polar surface area (TPSA) is 114 Å². The number of aryl methyl sites for hydroxylation is 9. The van der Waals surface area contributed by atoms with Gasteiger partial charge in [-0.15, -0.1) is 0 Å². The minimum absolute atomic E-state index is 0.0460. The zero-order valence-corrected chi connectivity index (χ0v) is 54.9. The van der Waals surface area contributed by atoms with Gasteiger partial charge in [-0.3, -0.25) is 0 Å². The second kappa shape index (κ2) is 29.6. The summed E-state index contributed by atoms with van der Waals surface area (Å²) >= 11 is 0. The van der Waals surface area contributed by atoms with Crippen LogP contribution in [0, 0.1) is 62.3 Å². The zero-order chi connectivity index (χ0) is 65.0. The van der Waals surface area contributed by atoms with Crippen molar-refractivity contribution in [3.63, 3.8) is 0 Å². The molecule has 0 fully saturated rings. The molecule has 0 saturated heterocycles. The lowest BCUT2D eigenvalue weighted by atomic mass is 9.63. The molecule has 11 aromatic carbocycles. The van der Waals surface area contributed by atoms with Crippen LogP contribution in [-0.4, -0.2) is 25.9 Å². The van der Waals surface area contributed by atoms with Crippen LogP contribution in [0.15, 0.2) is 306 Å². The fourth-order valence-electron chi connectivity index (χ4n) is 11.8. The molecule has 0 amide bonds. The molecule has 90 heavy (non-hydrogen) atoms. The van der Waals surface area contributed by atoms with Crippen molar-refractivity contribution in [2.75, 3.05) is 0 Å². The molecule has 13 heteroatoms. The standard InChI is InChI=1S/C28H26O3S.2C21H21S.C7H5F3O3S/c1-20-18-21(2)27(22(3)19-20)28(23-10-6-4-7-11-23,24-12-8-5-9-13-24)25-14-16-26(17-15-25)32(29,30)31;2*1-16-14-17(2)21(18(3)15-16)22(19-10-6-4-7-11-19)20-12-8-5-9-13-20;8-7(9,10)5-3-1-2-4-6(5)14(11,12)13/h4-19H,1-3H3,(H,29,30,31);2*4-15H,1-3H3;1-4H,(H,11,12,13)/q;2*+1;/p-2. The Morgan fingerprint density at radius 2 is 0.589 bits per heavy atom. The molecule has 0 unspecified atom stereocenters. The van der Waals surface area contributed by atoms with E-state index in [2.05, 4.69) is 244 Å². The van der Waals surface area contributed by atoms with Crippen molar-refractivity contribution in [1.29, 1.82) is 0 Å². The van der Waals surface area contributed by atoms with E-state index >= 15 is 0 Å². The van der Waals surface area contributed by atoms with Crippen molar-refractivity contribution in [3.05, 3.63) is 345 Å². The molecule has 0 saturated carbocycles. The molecule has 0 spiro atoms. The third kappa shape index (κ3) is 16.2. The van der Waals surface area contributed by atoms with Crippen LogP contribution in [0.2, 0.25) is 0 Å². The maximum absolute atomic E-state index is 12.2. The van der Waals surface area contributed by atoms with Crippen molar-refractivity contribution < 1.29 is 39.1 Å². The summed E-state index contributed by atoms with van der Waals surface area (Å²) in [4.78, 5) is 6.96. The lowest BCUT2D eigenvalue weighted by Gasteiger charge is -2.39. The van der Waals surface area contributed by atoms with E-state index in [9.17, 15) is 39.1 Å². The Bertz CT molecular complexity index is 4100. The molecule has 0 aliphatic rings. The first kappa shape index (κ1) is 67.7. The van der Waals surface area contributed by atoms with Gasteiger partial charge in [-0.05, 0) is 168 Å². The molecule has 0 radical (unpaired) electrons. The molecule has 6 nitrogen and oxygen atoms in total. The summed E-state index contributed by atoms with van der Waals surface area (Å²) in [5.41, 5.74) is 13.8. The van der Waals surface area contributed by atoms with E-state index in [-0.39, 0.29) is 26.7 Å². The summed E-state index contributed by atoms with van der Waals surface area (Å²) in [5, 5.41) is 0. The highest BCUT2D eigenvalue weighted by Crippen LogP contribution is 2.48. The predicted molar refractivity (Wildman–Crippen MR) is 358 cm³/mol. The fourth-order valence-corrected chi connectivity index (χ4v) is 17.7. The summed E-state index contributed by atoms with van der Waals surface area (Å²) in [6, 6.07) is 87.0. The van der Waals surface area contributed by atoms with Crippen LogP contribution < -0.4 is 0 Å². The monoisotopic (exact) mass is 1280 g/mol. The first-order valence-electron chi connectivity index (χ1n) is 29.0. The van der Waals surface area contributed by atoms with E-state index in [1.807, 2.05) is 36.4 Å². The fraction of sp³-hybridized carbons (Fsp3) is 0.143. The molecule has 0 aliphatic heterocycles. The molecular formula is C77H71F3O6S4. The molecule has 0 N–H and O–H groups in total. The summed E-state index contributed by atoms with van der Waals surface area (Å²) in [7, 11) is -9.71. The predicted octanol–water partition coefficient (Wildman–Crippen LogP) is 18.9. The largest absolute Gasteiger partial charge is 0.744 e. The van der Waals surface area contributed by atoms with Crippen LogP contribution in [0.5, 0.6) is 0 Å². The van der Waals surface area contributed by atoms with Gasteiger partial charge in [-0.1, -0.05) is 211 Å². The van der Waals surface area contributed by atoms with Crippen LogP contribution >= 0.6 is 0 Å². The summed E-state index contributed by atoms with van der Waals surface area (Å²) < 4.78 is 103. The van der Waals surface area contributed by atoms with Crippen LogP contribution in [0.4, 0.5) is 13.2 Å². The van der Waals surface area contributed by atoms with Gasteiger partial charge in [0.1, 0.15) is 20.2 Å². The highest BCUT2D eigenvalue weighted by molar-refractivity contribution is 7.97. The quantitative estimate of drug-likeness (QED) is 0.0684. The second-order valence-electron chi connectivity index (χ2n) is 22.0. The molecule has 11 rings (SSSR count). The molecule has 0 heterocycles. The van der Waals surface area contributed by atoms with Crippen LogP contribution in [0.1, 0.15) is 77.9 Å². The first-order chi connectivity index (χ1) is 42.8. The Labute approximate surface area is 535 Å². The smallest absolute Gasteiger partial charge is 0.417 e. The van der Waals surface area contributed by atoms with E-state index < -0.39 is 42.3 Å². The molecule has 11 aromatic rings. The van der Waals surface area contributed by atoms with E-state index in [0.717, 1.165) is 45.5 Å². The Kier molecular flexibility index (Phi) is 22.2.